The number of anilines is 1. The molecule has 1 unspecified atom stereocenters. The van der Waals surface area contributed by atoms with Gasteiger partial charge in [0.2, 0.25) is 0 Å². The lowest BCUT2D eigenvalue weighted by Crippen LogP contribution is -2.32. The second-order valence-corrected chi connectivity index (χ2v) is 10.8. The summed E-state index contributed by atoms with van der Waals surface area (Å²) in [5.41, 5.74) is 2.10. The SMILES string of the molecule is C[C@H]1CC[C@H](c2ccccc2)SN1Cc1cc(F)c(N2C[C@@H]3C(n4cnnc4)[C@@H]3C2)cc1F. The molecule has 1 aromatic heterocycles. The molecule has 0 spiro atoms. The number of piperidine rings is 1. The van der Waals surface area contributed by atoms with Crippen molar-refractivity contribution < 1.29 is 8.78 Å². The lowest BCUT2D eigenvalue weighted by Gasteiger charge is -2.37. The maximum atomic E-state index is 15.1. The molecule has 1 aliphatic carbocycles. The second-order valence-electron chi connectivity index (χ2n) is 9.53. The van der Waals surface area contributed by atoms with Crippen LogP contribution in [-0.4, -0.2) is 38.2 Å². The maximum Gasteiger partial charge on any atom is 0.147 e. The van der Waals surface area contributed by atoms with E-state index in [2.05, 4.69) is 45.7 Å². The van der Waals surface area contributed by atoms with Gasteiger partial charge < -0.3 is 9.47 Å². The Kier molecular flexibility index (Phi) is 5.37. The molecule has 0 radical (unpaired) electrons. The highest BCUT2D eigenvalue weighted by molar-refractivity contribution is 7.97. The maximum absolute atomic E-state index is 15.1. The van der Waals surface area contributed by atoms with Crippen molar-refractivity contribution in [3.63, 3.8) is 0 Å². The molecule has 0 bridgehead atoms. The molecule has 5 atom stereocenters. The number of hydrogen-bond acceptors (Lipinski definition) is 5. The normalized spacial score (nSPS) is 29.3. The smallest absolute Gasteiger partial charge is 0.147 e. The molecule has 0 N–H and O–H groups in total. The molecule has 8 heteroatoms. The molecule has 2 aromatic carbocycles. The number of halogens is 2. The van der Waals surface area contributed by atoms with Crippen LogP contribution in [0.25, 0.3) is 0 Å². The Morgan fingerprint density at radius 3 is 2.42 bits per heavy atom. The minimum atomic E-state index is -0.331. The van der Waals surface area contributed by atoms with Gasteiger partial charge in [-0.25, -0.2) is 13.1 Å². The first-order chi connectivity index (χ1) is 16.1. The summed E-state index contributed by atoms with van der Waals surface area (Å²) in [6.45, 7) is 4.04. The van der Waals surface area contributed by atoms with E-state index in [0.29, 0.717) is 47.0 Å². The predicted molar refractivity (Wildman–Crippen MR) is 126 cm³/mol. The largest absolute Gasteiger partial charge is 0.368 e. The monoisotopic (exact) mass is 467 g/mol. The zero-order valence-corrected chi connectivity index (χ0v) is 19.3. The van der Waals surface area contributed by atoms with Crippen LogP contribution in [0.4, 0.5) is 14.5 Å². The van der Waals surface area contributed by atoms with Crippen LogP contribution >= 0.6 is 11.9 Å². The molecule has 3 aromatic rings. The minimum absolute atomic E-state index is 0.317. The van der Waals surface area contributed by atoms with Gasteiger partial charge in [0.15, 0.2) is 0 Å². The lowest BCUT2D eigenvalue weighted by atomic mass is 10.0. The molecule has 2 saturated heterocycles. The van der Waals surface area contributed by atoms with E-state index in [1.807, 2.05) is 15.5 Å². The van der Waals surface area contributed by atoms with E-state index in [9.17, 15) is 0 Å². The molecule has 5 nitrogen and oxygen atoms in total. The number of aromatic nitrogens is 3. The minimum Gasteiger partial charge on any atom is -0.368 e. The van der Waals surface area contributed by atoms with Crippen LogP contribution < -0.4 is 4.90 Å². The van der Waals surface area contributed by atoms with Crippen molar-refractivity contribution in [1.29, 1.82) is 0 Å². The fourth-order valence-corrected chi connectivity index (χ4v) is 6.92. The topological polar surface area (TPSA) is 37.2 Å². The summed E-state index contributed by atoms with van der Waals surface area (Å²) in [4.78, 5) is 1.99. The van der Waals surface area contributed by atoms with Crippen LogP contribution in [-0.2, 0) is 6.54 Å². The summed E-state index contributed by atoms with van der Waals surface area (Å²) in [6, 6.07) is 13.9. The molecule has 1 saturated carbocycles. The molecule has 0 amide bonds. The molecule has 3 fully saturated rings. The molecule has 3 aliphatic rings. The second kappa shape index (κ2) is 8.40. The highest BCUT2D eigenvalue weighted by Crippen LogP contribution is 2.56. The van der Waals surface area contributed by atoms with Crippen LogP contribution in [0.3, 0.4) is 0 Å². The van der Waals surface area contributed by atoms with E-state index in [0.717, 1.165) is 25.9 Å². The van der Waals surface area contributed by atoms with E-state index < -0.39 is 0 Å². The molecular weight excluding hydrogens is 440 g/mol. The van der Waals surface area contributed by atoms with E-state index in [1.165, 1.54) is 17.7 Å². The van der Waals surface area contributed by atoms with Crippen molar-refractivity contribution in [3.8, 4) is 0 Å². The Labute approximate surface area is 196 Å². The van der Waals surface area contributed by atoms with Crippen molar-refractivity contribution >= 4 is 17.6 Å². The Hall–Kier alpha value is -2.45. The van der Waals surface area contributed by atoms with Crippen LogP contribution in [0.2, 0.25) is 0 Å². The fraction of sp³-hybridized carbons (Fsp3) is 0.440. The van der Waals surface area contributed by atoms with Crippen LogP contribution in [0.1, 0.15) is 42.2 Å². The quantitative estimate of drug-likeness (QED) is 0.480. The predicted octanol–water partition coefficient (Wildman–Crippen LogP) is 5.24. The first-order valence-corrected chi connectivity index (χ1v) is 12.5. The standard InChI is InChI=1S/C25H27F2N5S/c1-16-7-8-24(17-5-3-2-4-6-17)33-32(16)11-18-9-22(27)23(10-21(18)26)30-12-19-20(13-30)25(19)31-14-28-29-15-31/h2-6,9-10,14-16,19-20,24-25H,7-8,11-13H2,1H3/t16-,19-,20+,24+,25?/m0/s1. The molecule has 3 heterocycles. The Balaban J connectivity index is 1.14. The number of nitrogens with zero attached hydrogens (tertiary/aromatic N) is 5. The summed E-state index contributed by atoms with van der Waals surface area (Å²) >= 11 is 1.76. The van der Waals surface area contributed by atoms with E-state index in [-0.39, 0.29) is 11.6 Å². The first kappa shape index (κ1) is 21.1. The van der Waals surface area contributed by atoms with E-state index in [1.54, 1.807) is 24.6 Å². The zero-order chi connectivity index (χ0) is 22.5. The summed E-state index contributed by atoms with van der Waals surface area (Å²) in [5, 5.41) is 8.12. The van der Waals surface area contributed by atoms with Gasteiger partial charge in [0.1, 0.15) is 24.3 Å². The average Bonchev–Trinajstić information content (AvgIpc) is 3.19. The third-order valence-corrected chi connectivity index (χ3v) is 9.01. The van der Waals surface area contributed by atoms with Gasteiger partial charge in [0, 0.05) is 60.4 Å². The zero-order valence-electron chi connectivity index (χ0n) is 18.5. The highest BCUT2D eigenvalue weighted by Gasteiger charge is 2.57. The van der Waals surface area contributed by atoms with Gasteiger partial charge in [0.25, 0.3) is 0 Å². The molecule has 172 valence electrons. The van der Waals surface area contributed by atoms with Crippen molar-refractivity contribution in [2.24, 2.45) is 11.8 Å². The third kappa shape index (κ3) is 3.93. The molecule has 2 aliphatic heterocycles. The molecule has 6 rings (SSSR count). The van der Waals surface area contributed by atoms with Gasteiger partial charge in [-0.3, -0.25) is 0 Å². The van der Waals surface area contributed by atoms with Gasteiger partial charge >= 0.3 is 0 Å². The van der Waals surface area contributed by atoms with Crippen LogP contribution in [0.15, 0.2) is 55.1 Å². The molecule has 33 heavy (non-hydrogen) atoms. The van der Waals surface area contributed by atoms with Crippen molar-refractivity contribution in [2.75, 3.05) is 18.0 Å². The van der Waals surface area contributed by atoms with Gasteiger partial charge in [-0.1, -0.05) is 42.3 Å². The summed E-state index contributed by atoms with van der Waals surface area (Å²) in [5.74, 6) is 0.243. The van der Waals surface area contributed by atoms with E-state index >= 15 is 8.78 Å². The summed E-state index contributed by atoms with van der Waals surface area (Å²) in [7, 11) is 0. The Morgan fingerprint density at radius 2 is 1.70 bits per heavy atom. The third-order valence-electron chi connectivity index (χ3n) is 7.48. The summed E-state index contributed by atoms with van der Waals surface area (Å²) in [6.07, 6.45) is 5.61. The Morgan fingerprint density at radius 1 is 0.970 bits per heavy atom. The number of hydrogen-bond donors (Lipinski definition) is 0. The van der Waals surface area contributed by atoms with Crippen molar-refractivity contribution in [1.82, 2.24) is 19.1 Å². The van der Waals surface area contributed by atoms with Crippen molar-refractivity contribution in [3.05, 3.63) is 77.9 Å². The average molecular weight is 468 g/mol. The van der Waals surface area contributed by atoms with E-state index in [4.69, 9.17) is 0 Å². The highest BCUT2D eigenvalue weighted by atomic mass is 32.2. The van der Waals surface area contributed by atoms with Gasteiger partial charge in [-0.15, -0.1) is 10.2 Å². The number of fused-ring (bicyclic) bond motifs is 1. The molecular formula is C25H27F2N5S. The van der Waals surface area contributed by atoms with Gasteiger partial charge in [0.05, 0.1) is 5.69 Å². The first-order valence-electron chi connectivity index (χ1n) is 11.6. The van der Waals surface area contributed by atoms with Crippen LogP contribution in [0.5, 0.6) is 0 Å². The lowest BCUT2D eigenvalue weighted by molar-refractivity contribution is 0.317. The number of rotatable bonds is 5. The van der Waals surface area contributed by atoms with Gasteiger partial charge in [-0.2, -0.15) is 0 Å². The van der Waals surface area contributed by atoms with Crippen LogP contribution in [0, 0.1) is 23.5 Å². The Bertz CT molecular complexity index is 1110. The summed E-state index contributed by atoms with van der Waals surface area (Å²) < 4.78 is 34.5. The number of benzene rings is 2. The fourth-order valence-electron chi connectivity index (χ4n) is 5.55. The van der Waals surface area contributed by atoms with Gasteiger partial charge in [-0.05, 0) is 31.4 Å². The van der Waals surface area contributed by atoms with Crippen molar-refractivity contribution in [2.45, 2.75) is 43.6 Å².